The molecule has 6 aromatic carbocycles. The highest BCUT2D eigenvalue weighted by Gasteiger charge is 2.25. The number of fused-ring (bicyclic) bond motifs is 5. The van der Waals surface area contributed by atoms with E-state index in [1.807, 2.05) is 0 Å². The third-order valence-electron chi connectivity index (χ3n) is 11.4. The van der Waals surface area contributed by atoms with Crippen molar-refractivity contribution >= 4 is 32.7 Å². The van der Waals surface area contributed by atoms with Gasteiger partial charge in [-0.1, -0.05) is 136 Å². The molecule has 0 radical (unpaired) electrons. The van der Waals surface area contributed by atoms with Crippen LogP contribution in [0.15, 0.2) is 142 Å². The predicted octanol–water partition coefficient (Wildman–Crippen LogP) is 14.6. The minimum atomic E-state index is 0.658. The fourth-order valence-corrected chi connectivity index (χ4v) is 8.76. The molecular formula is C49H44O2. The normalized spacial score (nSPS) is 16.4. The van der Waals surface area contributed by atoms with Crippen LogP contribution in [-0.2, 0) is 6.42 Å². The molecule has 1 saturated carbocycles. The van der Waals surface area contributed by atoms with Gasteiger partial charge < -0.3 is 8.83 Å². The zero-order valence-electron chi connectivity index (χ0n) is 29.6. The van der Waals surface area contributed by atoms with Gasteiger partial charge in [0.1, 0.15) is 22.7 Å². The lowest BCUT2D eigenvalue weighted by Crippen LogP contribution is -2.13. The van der Waals surface area contributed by atoms with Crippen molar-refractivity contribution < 1.29 is 8.83 Å². The van der Waals surface area contributed by atoms with Gasteiger partial charge in [0.05, 0.1) is 0 Å². The quantitative estimate of drug-likeness (QED) is 0.162. The van der Waals surface area contributed by atoms with Crippen LogP contribution in [0.3, 0.4) is 0 Å². The van der Waals surface area contributed by atoms with Crippen LogP contribution in [0.25, 0.3) is 77.6 Å². The van der Waals surface area contributed by atoms with E-state index in [-0.39, 0.29) is 0 Å². The molecule has 2 heterocycles. The van der Waals surface area contributed by atoms with Crippen molar-refractivity contribution in [1.82, 2.24) is 0 Å². The summed E-state index contributed by atoms with van der Waals surface area (Å²) in [5.41, 5.74) is 11.3. The molecule has 2 heteroatoms. The summed E-state index contributed by atoms with van der Waals surface area (Å²) in [4.78, 5) is 0. The maximum atomic E-state index is 6.87. The van der Waals surface area contributed by atoms with Gasteiger partial charge in [-0.2, -0.15) is 0 Å². The monoisotopic (exact) mass is 664 g/mol. The van der Waals surface area contributed by atoms with Crippen LogP contribution in [0.5, 0.6) is 0 Å². The van der Waals surface area contributed by atoms with Gasteiger partial charge >= 0.3 is 0 Å². The fourth-order valence-electron chi connectivity index (χ4n) is 8.76. The van der Waals surface area contributed by atoms with E-state index in [0.717, 1.165) is 84.6 Å². The summed E-state index contributed by atoms with van der Waals surface area (Å²) in [5, 5.41) is 4.61. The van der Waals surface area contributed by atoms with E-state index in [4.69, 9.17) is 8.83 Å². The number of rotatable bonds is 8. The Labute approximate surface area is 300 Å². The smallest absolute Gasteiger partial charge is 0.143 e. The van der Waals surface area contributed by atoms with E-state index in [1.54, 1.807) is 0 Å². The van der Waals surface area contributed by atoms with E-state index in [9.17, 15) is 0 Å². The largest absolute Gasteiger partial charge is 0.455 e. The minimum absolute atomic E-state index is 0.658. The highest BCUT2D eigenvalue weighted by molar-refractivity contribution is 6.24. The van der Waals surface area contributed by atoms with E-state index in [1.165, 1.54) is 55.0 Å². The Hall–Kier alpha value is -5.34. The maximum Gasteiger partial charge on any atom is 0.143 e. The van der Waals surface area contributed by atoms with Gasteiger partial charge in [0.25, 0.3) is 0 Å². The molecule has 0 atom stereocenters. The second kappa shape index (κ2) is 13.4. The van der Waals surface area contributed by atoms with Crippen LogP contribution in [0.4, 0.5) is 0 Å². The topological polar surface area (TPSA) is 26.3 Å². The summed E-state index contributed by atoms with van der Waals surface area (Å²) in [6, 6.07) is 48.3. The second-order valence-corrected chi connectivity index (χ2v) is 14.5. The summed E-state index contributed by atoms with van der Waals surface area (Å²) in [6.07, 6.45) is 9.01. The van der Waals surface area contributed by atoms with Crippen LogP contribution >= 0.6 is 0 Å². The molecule has 2 aromatic heterocycles. The third kappa shape index (κ3) is 5.68. The summed E-state index contributed by atoms with van der Waals surface area (Å²) in [5.74, 6) is 3.40. The van der Waals surface area contributed by atoms with Gasteiger partial charge in [-0.15, -0.1) is 0 Å². The number of hydrogen-bond acceptors (Lipinski definition) is 2. The Morgan fingerprint density at radius 2 is 0.980 bits per heavy atom. The van der Waals surface area contributed by atoms with Crippen LogP contribution in [0.2, 0.25) is 0 Å². The summed E-state index contributed by atoms with van der Waals surface area (Å²) >= 11 is 0. The van der Waals surface area contributed by atoms with Gasteiger partial charge in [0.2, 0.25) is 0 Å². The van der Waals surface area contributed by atoms with E-state index in [0.29, 0.717) is 5.92 Å². The molecule has 1 aliphatic carbocycles. The van der Waals surface area contributed by atoms with Crippen molar-refractivity contribution in [2.24, 2.45) is 5.92 Å². The maximum absolute atomic E-state index is 6.87. The molecule has 51 heavy (non-hydrogen) atoms. The molecule has 0 amide bonds. The average molecular weight is 665 g/mol. The molecule has 0 N–H and O–H groups in total. The highest BCUT2D eigenvalue weighted by Crippen LogP contribution is 2.49. The van der Waals surface area contributed by atoms with E-state index in [2.05, 4.69) is 147 Å². The summed E-state index contributed by atoms with van der Waals surface area (Å²) in [7, 11) is 0. The van der Waals surface area contributed by atoms with Crippen molar-refractivity contribution in [3.63, 3.8) is 0 Å². The Balaban J connectivity index is 1.23. The minimum Gasteiger partial charge on any atom is -0.455 e. The summed E-state index contributed by atoms with van der Waals surface area (Å²) < 4.78 is 13.7. The van der Waals surface area contributed by atoms with Crippen molar-refractivity contribution in [2.45, 2.75) is 64.7 Å². The Morgan fingerprint density at radius 3 is 1.45 bits per heavy atom. The number of hydrogen-bond donors (Lipinski definition) is 0. The van der Waals surface area contributed by atoms with Crippen molar-refractivity contribution in [1.29, 1.82) is 0 Å². The number of aryl methyl sites for hydroxylation is 1. The lowest BCUT2D eigenvalue weighted by Gasteiger charge is -2.28. The molecule has 0 unspecified atom stereocenters. The molecular weight excluding hydrogens is 621 g/mol. The molecule has 0 aliphatic heterocycles. The molecule has 1 aliphatic rings. The molecule has 8 aromatic rings. The predicted molar refractivity (Wildman–Crippen MR) is 214 cm³/mol. The molecule has 9 rings (SSSR count). The summed E-state index contributed by atoms with van der Waals surface area (Å²) in [6.45, 7) is 4.51. The first-order valence-electron chi connectivity index (χ1n) is 18.9. The van der Waals surface area contributed by atoms with Crippen molar-refractivity contribution in [3.05, 3.63) is 145 Å². The zero-order chi connectivity index (χ0) is 34.3. The standard InChI is InChI=1S/C49H44O2/c1-3-11-33-18-20-34(21-19-33)35-24-26-39(27-25-35)49-45(37-14-9-6-10-15-37)47-41-28-30-42-46(40(41)29-31-43(47)51-49)44(36-12-7-5-8-13-36)48(50-42)38-22-16-32(4-2)17-23-38/h5-10,12-17,22-31,33-34H,3-4,11,18-21H2,1-2H3. The SMILES string of the molecule is CCCC1CCC(c2ccc(-c3oc4ccc5c(ccc6oc(-c7ccc(CC)cc7)c(-c7ccccc7)c65)c4c3-c3ccccc3)cc2)CC1. The van der Waals surface area contributed by atoms with Crippen LogP contribution in [0, 0.1) is 5.92 Å². The molecule has 0 saturated heterocycles. The first-order chi connectivity index (χ1) is 25.2. The second-order valence-electron chi connectivity index (χ2n) is 14.5. The van der Waals surface area contributed by atoms with Crippen LogP contribution in [0.1, 0.15) is 69.4 Å². The Morgan fingerprint density at radius 1 is 0.490 bits per heavy atom. The molecule has 0 bridgehead atoms. The average Bonchev–Trinajstić information content (AvgIpc) is 3.79. The fraction of sp³-hybridized carbons (Fsp3) is 0.224. The van der Waals surface area contributed by atoms with Gasteiger partial charge in [-0.3, -0.25) is 0 Å². The Kier molecular flexibility index (Phi) is 8.32. The first-order valence-corrected chi connectivity index (χ1v) is 18.9. The van der Waals surface area contributed by atoms with Gasteiger partial charge in [-0.25, -0.2) is 0 Å². The molecule has 0 spiro atoms. The molecule has 252 valence electrons. The van der Waals surface area contributed by atoms with E-state index >= 15 is 0 Å². The number of furan rings is 2. The highest BCUT2D eigenvalue weighted by atomic mass is 16.3. The molecule has 2 nitrogen and oxygen atoms in total. The van der Waals surface area contributed by atoms with Gasteiger partial charge in [0, 0.05) is 33.0 Å². The lowest BCUT2D eigenvalue weighted by atomic mass is 9.77. The zero-order valence-corrected chi connectivity index (χ0v) is 29.6. The van der Waals surface area contributed by atoms with Crippen molar-refractivity contribution in [3.8, 4) is 44.9 Å². The number of benzene rings is 6. The van der Waals surface area contributed by atoms with Crippen LogP contribution < -0.4 is 0 Å². The third-order valence-corrected chi connectivity index (χ3v) is 11.4. The van der Waals surface area contributed by atoms with Crippen LogP contribution in [-0.4, -0.2) is 0 Å². The lowest BCUT2D eigenvalue weighted by molar-refractivity contribution is 0.308. The van der Waals surface area contributed by atoms with E-state index < -0.39 is 0 Å². The first kappa shape index (κ1) is 31.6. The molecule has 1 fully saturated rings. The van der Waals surface area contributed by atoms with Gasteiger partial charge in [0.15, 0.2) is 0 Å². The Bertz CT molecular complexity index is 2440. The van der Waals surface area contributed by atoms with Crippen molar-refractivity contribution in [2.75, 3.05) is 0 Å². The van der Waals surface area contributed by atoms with Gasteiger partial charge in [-0.05, 0) is 101 Å².